The Kier molecular flexibility index (Phi) is 8.35. The summed E-state index contributed by atoms with van der Waals surface area (Å²) in [4.78, 5) is 15.1. The van der Waals surface area contributed by atoms with Crippen LogP contribution in [0.4, 0.5) is 21.5 Å². The summed E-state index contributed by atoms with van der Waals surface area (Å²) in [5, 5.41) is 8.85. The zero-order chi connectivity index (χ0) is 25.8. The highest BCUT2D eigenvalue weighted by molar-refractivity contribution is 8.24. The van der Waals surface area contributed by atoms with E-state index in [1.54, 1.807) is 25.1 Å². The number of rotatable bonds is 9. The molecule has 2 aromatic rings. The lowest BCUT2D eigenvalue weighted by molar-refractivity contribution is -0.134. The molecule has 1 heterocycles. The van der Waals surface area contributed by atoms with Gasteiger partial charge in [-0.05, 0) is 31.0 Å². The lowest BCUT2D eigenvalue weighted by Crippen LogP contribution is -2.37. The molecular weight excluding hydrogens is 471 g/mol. The fourth-order valence-electron chi connectivity index (χ4n) is 4.52. The molecule has 192 valence electrons. The Morgan fingerprint density at radius 2 is 1.91 bits per heavy atom. The van der Waals surface area contributed by atoms with Crippen molar-refractivity contribution in [3.63, 3.8) is 0 Å². The van der Waals surface area contributed by atoms with Crippen molar-refractivity contribution >= 4 is 33.6 Å². The molecule has 3 N–H and O–H groups in total. The molecule has 1 aliphatic heterocycles. The average Bonchev–Trinajstić information content (AvgIpc) is 2.93. The molecule has 0 bridgehead atoms. The van der Waals surface area contributed by atoms with Crippen molar-refractivity contribution < 1.29 is 28.1 Å². The van der Waals surface area contributed by atoms with E-state index in [0.29, 0.717) is 29.1 Å². The maximum absolute atomic E-state index is 13.7. The van der Waals surface area contributed by atoms with Gasteiger partial charge >= 0.3 is 5.97 Å². The number of nitrogens with zero attached hydrogens (tertiary/aromatic N) is 2. The van der Waals surface area contributed by atoms with Crippen LogP contribution in [0.1, 0.15) is 39.5 Å². The number of anilines is 3. The molecule has 0 radical (unpaired) electrons. The first kappa shape index (κ1) is 26.8. The number of aliphatic carboxylic acids is 1. The van der Waals surface area contributed by atoms with Gasteiger partial charge in [-0.1, -0.05) is 44.9 Å². The summed E-state index contributed by atoms with van der Waals surface area (Å²) >= 11 is 0. The van der Waals surface area contributed by atoms with E-state index < -0.39 is 22.4 Å². The van der Waals surface area contributed by atoms with Crippen LogP contribution in [-0.2, 0) is 4.79 Å². The van der Waals surface area contributed by atoms with Gasteiger partial charge in [-0.3, -0.25) is 9.11 Å². The Hall–Kier alpha value is -2.75. The highest BCUT2D eigenvalue weighted by Gasteiger charge is 2.42. The van der Waals surface area contributed by atoms with Gasteiger partial charge in [-0.25, -0.2) is 4.79 Å². The Labute approximate surface area is 208 Å². The molecule has 0 fully saturated rings. The number of benzene rings is 2. The number of ether oxygens (including phenoxy) is 1. The SMILES string of the molecule is CCCC[C@@]1(CC)CN(c2ccccc2)c2cc(N(C)C)c(O/C=C(\F)C(=O)O)cc2S(O)(O)C1. The molecule has 0 aliphatic carbocycles. The van der Waals surface area contributed by atoms with Crippen molar-refractivity contribution in [2.24, 2.45) is 5.41 Å². The number of carbonyl (C=O) groups is 1. The molecule has 0 saturated carbocycles. The van der Waals surface area contributed by atoms with Crippen LogP contribution in [-0.4, -0.2) is 46.6 Å². The fourth-order valence-corrected chi connectivity index (χ4v) is 6.77. The molecular formula is C26H35FN2O5S. The molecule has 2 aromatic carbocycles. The second kappa shape index (κ2) is 10.9. The van der Waals surface area contributed by atoms with Crippen LogP contribution in [0.2, 0.25) is 0 Å². The molecule has 35 heavy (non-hydrogen) atoms. The van der Waals surface area contributed by atoms with E-state index in [1.807, 2.05) is 30.3 Å². The van der Waals surface area contributed by atoms with Crippen molar-refractivity contribution in [1.29, 1.82) is 0 Å². The summed E-state index contributed by atoms with van der Waals surface area (Å²) in [6.07, 6.45) is 4.12. The largest absolute Gasteiger partial charge is 0.476 e. The lowest BCUT2D eigenvalue weighted by atomic mass is 9.81. The average molecular weight is 507 g/mol. The predicted molar refractivity (Wildman–Crippen MR) is 140 cm³/mol. The summed E-state index contributed by atoms with van der Waals surface area (Å²) < 4.78 is 42.1. The summed E-state index contributed by atoms with van der Waals surface area (Å²) in [7, 11) is 0.305. The van der Waals surface area contributed by atoms with E-state index >= 15 is 0 Å². The number of unbranched alkanes of at least 4 members (excludes halogenated alkanes) is 1. The minimum Gasteiger partial charge on any atom is -0.476 e. The summed E-state index contributed by atoms with van der Waals surface area (Å²) in [5.74, 6) is -2.86. The number of para-hydroxylation sites is 1. The van der Waals surface area contributed by atoms with Gasteiger partial charge in [0.2, 0.25) is 5.83 Å². The van der Waals surface area contributed by atoms with Crippen molar-refractivity contribution in [3.8, 4) is 5.75 Å². The van der Waals surface area contributed by atoms with E-state index in [0.717, 1.165) is 31.4 Å². The zero-order valence-electron chi connectivity index (χ0n) is 20.7. The molecule has 7 nitrogen and oxygen atoms in total. The molecule has 3 rings (SSSR count). The monoisotopic (exact) mass is 506 g/mol. The van der Waals surface area contributed by atoms with Gasteiger partial charge in [0.1, 0.15) is 6.26 Å². The number of carboxylic acid groups (broad SMARTS) is 1. The van der Waals surface area contributed by atoms with Gasteiger partial charge < -0.3 is 19.6 Å². The maximum Gasteiger partial charge on any atom is 0.368 e. The van der Waals surface area contributed by atoms with Crippen molar-refractivity contribution in [2.45, 2.75) is 44.4 Å². The quantitative estimate of drug-likeness (QED) is 0.252. The molecule has 1 atom stereocenters. The van der Waals surface area contributed by atoms with Crippen LogP contribution < -0.4 is 14.5 Å². The molecule has 9 heteroatoms. The molecule has 0 aromatic heterocycles. The van der Waals surface area contributed by atoms with E-state index in [1.165, 1.54) is 6.07 Å². The van der Waals surface area contributed by atoms with Gasteiger partial charge in [0.25, 0.3) is 0 Å². The topological polar surface area (TPSA) is 93.5 Å². The van der Waals surface area contributed by atoms with Gasteiger partial charge in [0.15, 0.2) is 5.75 Å². The normalized spacial score (nSPS) is 20.5. The van der Waals surface area contributed by atoms with Crippen LogP contribution in [0, 0.1) is 5.41 Å². The third-order valence-electron chi connectivity index (χ3n) is 6.54. The Bertz CT molecular complexity index is 1080. The van der Waals surface area contributed by atoms with Gasteiger partial charge in [-0.15, -0.1) is 0 Å². The Balaban J connectivity index is 2.25. The van der Waals surface area contributed by atoms with Crippen LogP contribution in [0.3, 0.4) is 0 Å². The van der Waals surface area contributed by atoms with E-state index in [-0.39, 0.29) is 16.9 Å². The smallest absolute Gasteiger partial charge is 0.368 e. The standard InChI is InChI=1S/C26H35FN2O5S/c1-5-7-13-26(6-2)17-29(19-11-9-8-10-12-19)22-14-21(28(3)4)23(34-16-20(27)25(30)31)15-24(22)35(32,33)18-26/h8-12,14-16,32-33H,5-7,13,17-18H2,1-4H3,(H,30,31)/b20-16-/t26-/m0/s1. The van der Waals surface area contributed by atoms with Gasteiger partial charge in [0.05, 0.1) is 16.3 Å². The minimum absolute atomic E-state index is 0.135. The Morgan fingerprint density at radius 1 is 1.23 bits per heavy atom. The lowest BCUT2D eigenvalue weighted by Gasteiger charge is -2.41. The summed E-state index contributed by atoms with van der Waals surface area (Å²) in [6.45, 7) is 4.82. The highest BCUT2D eigenvalue weighted by Crippen LogP contribution is 2.62. The van der Waals surface area contributed by atoms with Crippen LogP contribution >= 0.6 is 10.6 Å². The number of carboxylic acids is 1. The maximum atomic E-state index is 13.7. The van der Waals surface area contributed by atoms with Crippen molar-refractivity contribution in [3.05, 3.63) is 54.6 Å². The second-order valence-electron chi connectivity index (χ2n) is 9.26. The molecule has 0 spiro atoms. The first-order chi connectivity index (χ1) is 16.5. The van der Waals surface area contributed by atoms with E-state index in [2.05, 4.69) is 18.7 Å². The van der Waals surface area contributed by atoms with Crippen LogP contribution in [0.15, 0.2) is 59.4 Å². The third kappa shape index (κ3) is 5.91. The number of hydrogen-bond acceptors (Lipinski definition) is 6. The third-order valence-corrected chi connectivity index (χ3v) is 8.58. The van der Waals surface area contributed by atoms with Crippen LogP contribution in [0.25, 0.3) is 0 Å². The molecule has 0 saturated heterocycles. The number of hydrogen-bond donors (Lipinski definition) is 3. The van der Waals surface area contributed by atoms with Gasteiger partial charge in [-0.2, -0.15) is 15.0 Å². The van der Waals surface area contributed by atoms with Crippen LogP contribution in [0.5, 0.6) is 5.75 Å². The predicted octanol–water partition coefficient (Wildman–Crippen LogP) is 6.87. The zero-order valence-corrected chi connectivity index (χ0v) is 21.5. The number of fused-ring (bicyclic) bond motifs is 1. The summed E-state index contributed by atoms with van der Waals surface area (Å²) in [5.41, 5.74) is 1.78. The minimum atomic E-state index is -3.26. The number of halogens is 1. The molecule has 0 unspecified atom stereocenters. The summed E-state index contributed by atoms with van der Waals surface area (Å²) in [6, 6.07) is 13.1. The van der Waals surface area contributed by atoms with E-state index in [9.17, 15) is 18.3 Å². The first-order valence-electron chi connectivity index (χ1n) is 11.7. The molecule has 1 aliphatic rings. The Morgan fingerprint density at radius 3 is 2.49 bits per heavy atom. The fraction of sp³-hybridized carbons (Fsp3) is 0.423. The van der Waals surface area contributed by atoms with Crippen molar-refractivity contribution in [1.82, 2.24) is 0 Å². The highest BCUT2D eigenvalue weighted by atomic mass is 32.3. The van der Waals surface area contributed by atoms with Crippen molar-refractivity contribution in [2.75, 3.05) is 36.2 Å². The van der Waals surface area contributed by atoms with E-state index in [4.69, 9.17) is 9.84 Å². The first-order valence-corrected chi connectivity index (χ1v) is 13.4. The van der Waals surface area contributed by atoms with Gasteiger partial charge in [0, 0.05) is 43.6 Å². The second-order valence-corrected chi connectivity index (χ2v) is 11.3. The molecule has 0 amide bonds.